The lowest BCUT2D eigenvalue weighted by Crippen LogP contribution is -2.45. The fourth-order valence-corrected chi connectivity index (χ4v) is 2.87. The van der Waals surface area contributed by atoms with Crippen molar-refractivity contribution in [3.8, 4) is 0 Å². The maximum atomic E-state index is 6.27. The second-order valence-corrected chi connectivity index (χ2v) is 5.81. The second kappa shape index (κ2) is 5.31. The van der Waals surface area contributed by atoms with Crippen LogP contribution >= 0.6 is 0 Å². The lowest BCUT2D eigenvalue weighted by atomic mass is 9.67. The van der Waals surface area contributed by atoms with Gasteiger partial charge in [0.25, 0.3) is 0 Å². The van der Waals surface area contributed by atoms with Gasteiger partial charge in [-0.3, -0.25) is 0 Å². The molecular formula is C13H27NO. The van der Waals surface area contributed by atoms with Crippen LogP contribution in [-0.4, -0.2) is 19.3 Å². The van der Waals surface area contributed by atoms with E-state index in [0.717, 1.165) is 19.1 Å². The van der Waals surface area contributed by atoms with E-state index in [1.165, 1.54) is 19.3 Å². The SMILES string of the molecule is CCOCC(C)(C)C1CCC(C)CC1N. The molecule has 1 aliphatic carbocycles. The first-order valence-electron chi connectivity index (χ1n) is 6.30. The van der Waals surface area contributed by atoms with Crippen LogP contribution in [0, 0.1) is 17.3 Å². The summed E-state index contributed by atoms with van der Waals surface area (Å²) in [6, 6.07) is 0.365. The minimum absolute atomic E-state index is 0.232. The molecule has 2 heteroatoms. The van der Waals surface area contributed by atoms with Crippen LogP contribution in [0.4, 0.5) is 0 Å². The summed E-state index contributed by atoms with van der Waals surface area (Å²) >= 11 is 0. The van der Waals surface area contributed by atoms with Gasteiger partial charge in [-0.05, 0) is 37.0 Å². The van der Waals surface area contributed by atoms with Crippen molar-refractivity contribution in [1.82, 2.24) is 0 Å². The molecule has 1 aliphatic rings. The zero-order valence-corrected chi connectivity index (χ0v) is 10.8. The number of hydrogen-bond acceptors (Lipinski definition) is 2. The summed E-state index contributed by atoms with van der Waals surface area (Å²) in [6.45, 7) is 10.6. The average Bonchev–Trinajstić information content (AvgIpc) is 2.14. The van der Waals surface area contributed by atoms with Gasteiger partial charge in [-0.2, -0.15) is 0 Å². The molecule has 1 rings (SSSR count). The number of hydrogen-bond donors (Lipinski definition) is 1. The van der Waals surface area contributed by atoms with Crippen molar-refractivity contribution in [2.45, 2.75) is 53.0 Å². The smallest absolute Gasteiger partial charge is 0.0520 e. The summed E-state index contributed by atoms with van der Waals surface area (Å²) in [7, 11) is 0. The van der Waals surface area contributed by atoms with Crippen LogP contribution < -0.4 is 5.73 Å². The van der Waals surface area contributed by atoms with Gasteiger partial charge in [0.1, 0.15) is 0 Å². The molecule has 0 saturated heterocycles. The van der Waals surface area contributed by atoms with Crippen molar-refractivity contribution in [1.29, 1.82) is 0 Å². The molecule has 15 heavy (non-hydrogen) atoms. The maximum Gasteiger partial charge on any atom is 0.0520 e. The Balaban J connectivity index is 2.53. The van der Waals surface area contributed by atoms with Crippen LogP contribution in [0.15, 0.2) is 0 Å². The number of rotatable bonds is 4. The Morgan fingerprint density at radius 1 is 1.33 bits per heavy atom. The summed E-state index contributed by atoms with van der Waals surface area (Å²) in [5.41, 5.74) is 6.50. The van der Waals surface area contributed by atoms with E-state index in [1.807, 2.05) is 0 Å². The Morgan fingerprint density at radius 2 is 2.00 bits per heavy atom. The zero-order chi connectivity index (χ0) is 11.5. The maximum absolute atomic E-state index is 6.27. The van der Waals surface area contributed by atoms with Crippen LogP contribution in [0.3, 0.4) is 0 Å². The molecule has 1 fully saturated rings. The Kier molecular flexibility index (Phi) is 4.60. The van der Waals surface area contributed by atoms with E-state index in [9.17, 15) is 0 Å². The molecule has 0 bridgehead atoms. The normalized spacial score (nSPS) is 33.0. The third-order valence-electron chi connectivity index (χ3n) is 3.84. The molecule has 0 aromatic heterocycles. The van der Waals surface area contributed by atoms with E-state index in [1.54, 1.807) is 0 Å². The molecule has 1 saturated carbocycles. The molecule has 2 N–H and O–H groups in total. The fourth-order valence-electron chi connectivity index (χ4n) is 2.87. The predicted molar refractivity (Wildman–Crippen MR) is 64.8 cm³/mol. The largest absolute Gasteiger partial charge is 0.381 e. The van der Waals surface area contributed by atoms with Gasteiger partial charge in [0.2, 0.25) is 0 Å². The molecule has 2 nitrogen and oxygen atoms in total. The fraction of sp³-hybridized carbons (Fsp3) is 1.00. The number of ether oxygens (including phenoxy) is 1. The third kappa shape index (κ3) is 3.46. The van der Waals surface area contributed by atoms with E-state index >= 15 is 0 Å². The van der Waals surface area contributed by atoms with Crippen molar-refractivity contribution >= 4 is 0 Å². The van der Waals surface area contributed by atoms with Gasteiger partial charge in [0.15, 0.2) is 0 Å². The highest BCUT2D eigenvalue weighted by Crippen LogP contribution is 2.39. The Bertz CT molecular complexity index is 191. The van der Waals surface area contributed by atoms with E-state index in [-0.39, 0.29) is 5.41 Å². The Labute approximate surface area is 94.6 Å². The predicted octanol–water partition coefficient (Wildman–Crippen LogP) is 2.81. The van der Waals surface area contributed by atoms with E-state index < -0.39 is 0 Å². The van der Waals surface area contributed by atoms with E-state index in [4.69, 9.17) is 10.5 Å². The highest BCUT2D eigenvalue weighted by Gasteiger charge is 2.37. The average molecular weight is 213 g/mol. The minimum Gasteiger partial charge on any atom is -0.381 e. The van der Waals surface area contributed by atoms with Crippen LogP contribution in [-0.2, 0) is 4.74 Å². The van der Waals surface area contributed by atoms with Crippen LogP contribution in [0.1, 0.15) is 47.0 Å². The molecule has 0 aliphatic heterocycles. The molecule has 0 heterocycles. The van der Waals surface area contributed by atoms with Crippen molar-refractivity contribution < 1.29 is 4.74 Å². The monoisotopic (exact) mass is 213 g/mol. The van der Waals surface area contributed by atoms with Gasteiger partial charge >= 0.3 is 0 Å². The molecule has 0 spiro atoms. The van der Waals surface area contributed by atoms with Crippen LogP contribution in [0.5, 0.6) is 0 Å². The van der Waals surface area contributed by atoms with Crippen molar-refractivity contribution in [3.63, 3.8) is 0 Å². The van der Waals surface area contributed by atoms with E-state index in [2.05, 4.69) is 27.7 Å². The topological polar surface area (TPSA) is 35.2 Å². The summed E-state index contributed by atoms with van der Waals surface area (Å²) in [5, 5.41) is 0. The Morgan fingerprint density at radius 3 is 2.53 bits per heavy atom. The minimum atomic E-state index is 0.232. The lowest BCUT2D eigenvalue weighted by molar-refractivity contribution is 0.00948. The molecule has 0 radical (unpaired) electrons. The molecule has 0 aromatic carbocycles. The first-order chi connectivity index (χ1) is 6.97. The second-order valence-electron chi connectivity index (χ2n) is 5.81. The van der Waals surface area contributed by atoms with Crippen molar-refractivity contribution in [2.24, 2.45) is 23.0 Å². The molecule has 90 valence electrons. The van der Waals surface area contributed by atoms with Gasteiger partial charge in [-0.15, -0.1) is 0 Å². The van der Waals surface area contributed by atoms with Gasteiger partial charge in [0, 0.05) is 12.6 Å². The Hall–Kier alpha value is -0.0800. The van der Waals surface area contributed by atoms with Gasteiger partial charge < -0.3 is 10.5 Å². The molecular weight excluding hydrogens is 186 g/mol. The van der Waals surface area contributed by atoms with E-state index in [0.29, 0.717) is 12.0 Å². The van der Waals surface area contributed by atoms with Crippen LogP contribution in [0.25, 0.3) is 0 Å². The summed E-state index contributed by atoms with van der Waals surface area (Å²) < 4.78 is 5.57. The summed E-state index contributed by atoms with van der Waals surface area (Å²) in [5.74, 6) is 1.43. The third-order valence-corrected chi connectivity index (χ3v) is 3.84. The van der Waals surface area contributed by atoms with Gasteiger partial charge in [-0.1, -0.05) is 27.2 Å². The first-order valence-corrected chi connectivity index (χ1v) is 6.30. The quantitative estimate of drug-likeness (QED) is 0.779. The molecule has 0 aromatic rings. The summed E-state index contributed by atoms with van der Waals surface area (Å²) in [6.07, 6.45) is 3.77. The summed E-state index contributed by atoms with van der Waals surface area (Å²) in [4.78, 5) is 0. The highest BCUT2D eigenvalue weighted by molar-refractivity contribution is 4.90. The van der Waals surface area contributed by atoms with Gasteiger partial charge in [0.05, 0.1) is 6.61 Å². The van der Waals surface area contributed by atoms with Gasteiger partial charge in [-0.25, -0.2) is 0 Å². The highest BCUT2D eigenvalue weighted by atomic mass is 16.5. The molecule has 3 atom stereocenters. The van der Waals surface area contributed by atoms with Crippen molar-refractivity contribution in [3.05, 3.63) is 0 Å². The lowest BCUT2D eigenvalue weighted by Gasteiger charge is -2.42. The molecule has 3 unspecified atom stereocenters. The first kappa shape index (κ1) is 13.0. The van der Waals surface area contributed by atoms with Crippen molar-refractivity contribution in [2.75, 3.05) is 13.2 Å². The van der Waals surface area contributed by atoms with Crippen LogP contribution in [0.2, 0.25) is 0 Å². The molecule has 0 amide bonds. The number of nitrogens with two attached hydrogens (primary N) is 1. The zero-order valence-electron chi connectivity index (χ0n) is 10.8. The standard InChI is InChI=1S/C13H27NO/c1-5-15-9-13(3,4)11-7-6-10(2)8-12(11)14/h10-12H,5-9,14H2,1-4H3.